The maximum atomic E-state index is 12.3. The average molecular weight is 372 g/mol. The molecule has 2 aromatic rings. The number of rotatable bonds is 5. The van der Waals surface area contributed by atoms with Crippen LogP contribution in [0.3, 0.4) is 0 Å². The predicted molar refractivity (Wildman–Crippen MR) is 107 cm³/mol. The van der Waals surface area contributed by atoms with Crippen molar-refractivity contribution in [3.8, 4) is 0 Å². The molecular weight excluding hydrogens is 346 g/mol. The Balaban J connectivity index is 1.53. The molecule has 0 aliphatic carbocycles. The van der Waals surface area contributed by atoms with Gasteiger partial charge in [0.2, 0.25) is 5.91 Å². The molecule has 1 aliphatic rings. The van der Waals surface area contributed by atoms with Gasteiger partial charge in [0, 0.05) is 24.5 Å². The quantitative estimate of drug-likeness (QED) is 0.842. The molecule has 1 saturated heterocycles. The monoisotopic (exact) mass is 371 g/mol. The van der Waals surface area contributed by atoms with Crippen LogP contribution in [0.25, 0.3) is 0 Å². The fourth-order valence-electron chi connectivity index (χ4n) is 3.01. The Kier molecular flexibility index (Phi) is 5.93. The van der Waals surface area contributed by atoms with Gasteiger partial charge in [0.15, 0.2) is 0 Å². The highest BCUT2D eigenvalue weighted by atomic mass is 32.1. The second kappa shape index (κ2) is 8.36. The van der Waals surface area contributed by atoms with E-state index < -0.39 is 6.04 Å². The maximum Gasteiger partial charge on any atom is 0.261 e. The number of anilines is 2. The summed E-state index contributed by atoms with van der Waals surface area (Å²) in [7, 11) is 0. The van der Waals surface area contributed by atoms with Gasteiger partial charge in [-0.05, 0) is 61.4 Å². The fourth-order valence-corrected chi connectivity index (χ4v) is 3.64. The molecule has 1 aromatic heterocycles. The molecule has 1 aliphatic heterocycles. The minimum atomic E-state index is -0.604. The average Bonchev–Trinajstić information content (AvgIpc) is 3.18. The summed E-state index contributed by atoms with van der Waals surface area (Å²) in [5, 5.41) is 7.42. The fraction of sp³-hybridized carbons (Fsp3) is 0.400. The number of amides is 2. The molecule has 1 aromatic carbocycles. The van der Waals surface area contributed by atoms with Crippen molar-refractivity contribution >= 4 is 34.5 Å². The molecule has 1 atom stereocenters. The number of benzene rings is 1. The summed E-state index contributed by atoms with van der Waals surface area (Å²) < 4.78 is 0. The summed E-state index contributed by atoms with van der Waals surface area (Å²) in [6.07, 6.45) is 2.44. The third-order valence-electron chi connectivity index (χ3n) is 4.77. The van der Waals surface area contributed by atoms with E-state index in [0.717, 1.165) is 24.7 Å². The Morgan fingerprint density at radius 1 is 1.15 bits per heavy atom. The van der Waals surface area contributed by atoms with Crippen LogP contribution in [0.2, 0.25) is 0 Å². The molecule has 6 heteroatoms. The first-order valence-corrected chi connectivity index (χ1v) is 9.91. The number of thiophene rings is 1. The van der Waals surface area contributed by atoms with Crippen LogP contribution in [0.5, 0.6) is 0 Å². The molecule has 5 nitrogen and oxygen atoms in total. The van der Waals surface area contributed by atoms with E-state index in [2.05, 4.69) is 22.5 Å². The molecule has 2 heterocycles. The summed E-state index contributed by atoms with van der Waals surface area (Å²) in [5.74, 6) is 0.350. The normalized spacial score (nSPS) is 16.2. The summed E-state index contributed by atoms with van der Waals surface area (Å²) in [4.78, 5) is 27.3. The topological polar surface area (TPSA) is 61.4 Å². The number of nitrogens with one attached hydrogen (secondary N) is 2. The molecular formula is C20H25N3O2S. The number of hydrogen-bond acceptors (Lipinski definition) is 4. The number of hydrogen-bond donors (Lipinski definition) is 2. The van der Waals surface area contributed by atoms with Crippen LogP contribution < -0.4 is 15.5 Å². The molecule has 138 valence electrons. The first-order valence-electron chi connectivity index (χ1n) is 9.03. The van der Waals surface area contributed by atoms with Crippen molar-refractivity contribution in [3.05, 3.63) is 46.7 Å². The van der Waals surface area contributed by atoms with Crippen LogP contribution in [0, 0.1) is 5.92 Å². The Morgan fingerprint density at radius 2 is 1.85 bits per heavy atom. The van der Waals surface area contributed by atoms with Crippen LogP contribution in [0.4, 0.5) is 11.4 Å². The van der Waals surface area contributed by atoms with Crippen molar-refractivity contribution in [2.24, 2.45) is 5.92 Å². The van der Waals surface area contributed by atoms with Gasteiger partial charge in [-0.3, -0.25) is 9.59 Å². The number of carbonyl (C=O) groups is 2. The minimum Gasteiger partial charge on any atom is -0.372 e. The Labute approximate surface area is 158 Å². The van der Waals surface area contributed by atoms with Crippen molar-refractivity contribution < 1.29 is 9.59 Å². The van der Waals surface area contributed by atoms with Crippen LogP contribution in [-0.4, -0.2) is 30.9 Å². The van der Waals surface area contributed by atoms with Gasteiger partial charge in [0.25, 0.3) is 5.91 Å². The standard InChI is InChI=1S/C20H25N3O2S/c1-14-9-11-23(12-10-14)17-7-5-16(6-8-17)22-19(24)15(2)21-20(25)18-4-3-13-26-18/h3-8,13-15H,9-12H2,1-2H3,(H,21,25)(H,22,24)/t15-/m1/s1. The van der Waals surface area contributed by atoms with E-state index in [1.807, 2.05) is 35.7 Å². The summed E-state index contributed by atoms with van der Waals surface area (Å²) in [6, 6.07) is 10.9. The Bertz CT molecular complexity index is 735. The molecule has 0 spiro atoms. The second-order valence-corrected chi connectivity index (χ2v) is 7.83. The zero-order valence-corrected chi connectivity index (χ0v) is 16.0. The van der Waals surface area contributed by atoms with E-state index >= 15 is 0 Å². The van der Waals surface area contributed by atoms with Gasteiger partial charge < -0.3 is 15.5 Å². The first-order chi connectivity index (χ1) is 12.5. The van der Waals surface area contributed by atoms with Crippen molar-refractivity contribution in [2.45, 2.75) is 32.7 Å². The van der Waals surface area contributed by atoms with Crippen LogP contribution in [0.1, 0.15) is 36.4 Å². The summed E-state index contributed by atoms with van der Waals surface area (Å²) in [5.41, 5.74) is 1.93. The largest absolute Gasteiger partial charge is 0.372 e. The predicted octanol–water partition coefficient (Wildman–Crippen LogP) is 3.74. The highest BCUT2D eigenvalue weighted by Gasteiger charge is 2.18. The van der Waals surface area contributed by atoms with E-state index in [9.17, 15) is 9.59 Å². The van der Waals surface area contributed by atoms with Gasteiger partial charge >= 0.3 is 0 Å². The van der Waals surface area contributed by atoms with Crippen LogP contribution in [-0.2, 0) is 4.79 Å². The van der Waals surface area contributed by atoms with Crippen molar-refractivity contribution in [3.63, 3.8) is 0 Å². The van der Waals surface area contributed by atoms with Gasteiger partial charge in [-0.1, -0.05) is 13.0 Å². The van der Waals surface area contributed by atoms with Crippen molar-refractivity contribution in [1.29, 1.82) is 0 Å². The van der Waals surface area contributed by atoms with E-state index in [1.165, 1.54) is 29.9 Å². The summed E-state index contributed by atoms with van der Waals surface area (Å²) >= 11 is 1.36. The van der Waals surface area contributed by atoms with E-state index in [-0.39, 0.29) is 11.8 Å². The van der Waals surface area contributed by atoms with Gasteiger partial charge in [-0.15, -0.1) is 11.3 Å². The molecule has 0 radical (unpaired) electrons. The lowest BCUT2D eigenvalue weighted by Gasteiger charge is -2.32. The zero-order chi connectivity index (χ0) is 18.5. The molecule has 1 fully saturated rings. The third-order valence-corrected chi connectivity index (χ3v) is 5.64. The molecule has 0 saturated carbocycles. The summed E-state index contributed by atoms with van der Waals surface area (Å²) in [6.45, 7) is 6.15. The van der Waals surface area contributed by atoms with Crippen LogP contribution >= 0.6 is 11.3 Å². The molecule has 26 heavy (non-hydrogen) atoms. The highest BCUT2D eigenvalue weighted by Crippen LogP contribution is 2.24. The van der Waals surface area contributed by atoms with E-state index in [0.29, 0.717) is 4.88 Å². The zero-order valence-electron chi connectivity index (χ0n) is 15.2. The Morgan fingerprint density at radius 3 is 2.46 bits per heavy atom. The molecule has 3 rings (SSSR count). The van der Waals surface area contributed by atoms with Gasteiger partial charge in [0.1, 0.15) is 6.04 Å². The van der Waals surface area contributed by atoms with Crippen molar-refractivity contribution in [1.82, 2.24) is 5.32 Å². The second-order valence-electron chi connectivity index (χ2n) is 6.88. The van der Waals surface area contributed by atoms with Gasteiger partial charge in [-0.2, -0.15) is 0 Å². The number of nitrogens with zero attached hydrogens (tertiary/aromatic N) is 1. The van der Waals surface area contributed by atoms with Gasteiger partial charge in [-0.25, -0.2) is 0 Å². The minimum absolute atomic E-state index is 0.225. The molecule has 0 bridgehead atoms. The maximum absolute atomic E-state index is 12.3. The van der Waals surface area contributed by atoms with E-state index in [4.69, 9.17) is 0 Å². The number of piperidine rings is 1. The molecule has 2 N–H and O–H groups in total. The lowest BCUT2D eigenvalue weighted by molar-refractivity contribution is -0.117. The van der Waals surface area contributed by atoms with Gasteiger partial charge in [0.05, 0.1) is 4.88 Å². The van der Waals surface area contributed by atoms with Crippen LogP contribution in [0.15, 0.2) is 41.8 Å². The SMILES string of the molecule is CC1CCN(c2ccc(NC(=O)[C@@H](C)NC(=O)c3cccs3)cc2)CC1. The Hall–Kier alpha value is -2.34. The third kappa shape index (κ3) is 4.64. The lowest BCUT2D eigenvalue weighted by atomic mass is 9.99. The number of carbonyl (C=O) groups excluding carboxylic acids is 2. The highest BCUT2D eigenvalue weighted by molar-refractivity contribution is 7.12. The van der Waals surface area contributed by atoms with E-state index in [1.54, 1.807) is 13.0 Å². The first kappa shape index (κ1) is 18.5. The van der Waals surface area contributed by atoms with Crippen molar-refractivity contribution in [2.75, 3.05) is 23.3 Å². The molecule has 2 amide bonds. The smallest absolute Gasteiger partial charge is 0.261 e. The lowest BCUT2D eigenvalue weighted by Crippen LogP contribution is -2.41. The molecule has 0 unspecified atom stereocenters.